The van der Waals surface area contributed by atoms with Crippen molar-refractivity contribution in [2.75, 3.05) is 46.9 Å². The Balaban J connectivity index is 1.93. The summed E-state index contributed by atoms with van der Waals surface area (Å²) in [6.07, 6.45) is 0.910. The number of hydrogen-bond acceptors (Lipinski definition) is 4. The third-order valence-corrected chi connectivity index (χ3v) is 4.40. The van der Waals surface area contributed by atoms with Crippen LogP contribution in [-0.2, 0) is 4.79 Å². The Hall–Kier alpha value is -1.37. The van der Waals surface area contributed by atoms with Gasteiger partial charge in [-0.05, 0) is 44.5 Å². The lowest BCUT2D eigenvalue weighted by Crippen LogP contribution is -2.48. The molecule has 1 heterocycles. The van der Waals surface area contributed by atoms with Gasteiger partial charge < -0.3 is 19.6 Å². The number of halogens is 2. The van der Waals surface area contributed by atoms with Crippen LogP contribution >= 0.6 is 11.6 Å². The number of carbonyl (C=O) groups excluding carboxylic acids is 1. The molecule has 2 atom stereocenters. The number of rotatable bonds is 6. The predicted molar refractivity (Wildman–Crippen MR) is 90.7 cm³/mol. The molecule has 0 saturated carbocycles. The van der Waals surface area contributed by atoms with Gasteiger partial charge in [-0.15, -0.1) is 0 Å². The van der Waals surface area contributed by atoms with E-state index in [1.54, 1.807) is 4.90 Å². The molecule has 1 aliphatic heterocycles. The summed E-state index contributed by atoms with van der Waals surface area (Å²) in [4.78, 5) is 16.2. The monoisotopic (exact) mass is 358 g/mol. The van der Waals surface area contributed by atoms with Gasteiger partial charge in [-0.25, -0.2) is 4.39 Å². The zero-order chi connectivity index (χ0) is 17.7. The van der Waals surface area contributed by atoms with Crippen molar-refractivity contribution in [1.82, 2.24) is 9.80 Å². The van der Waals surface area contributed by atoms with Gasteiger partial charge in [-0.2, -0.15) is 0 Å². The van der Waals surface area contributed by atoms with Crippen LogP contribution in [-0.4, -0.2) is 67.8 Å². The highest BCUT2D eigenvalue weighted by atomic mass is 35.5. The zero-order valence-electron chi connectivity index (χ0n) is 14.0. The molecule has 0 bridgehead atoms. The average Bonchev–Trinajstić information content (AvgIpc) is 2.54. The third kappa shape index (κ3) is 5.33. The van der Waals surface area contributed by atoms with Gasteiger partial charge in [-0.1, -0.05) is 11.6 Å². The van der Waals surface area contributed by atoms with Gasteiger partial charge in [-0.3, -0.25) is 4.79 Å². The summed E-state index contributed by atoms with van der Waals surface area (Å²) in [7, 11) is 3.99. The van der Waals surface area contributed by atoms with Crippen LogP contribution in [0, 0.1) is 17.7 Å². The number of nitrogens with zero attached hydrogens (tertiary/aromatic N) is 2. The lowest BCUT2D eigenvalue weighted by Gasteiger charge is -2.38. The van der Waals surface area contributed by atoms with E-state index in [4.69, 9.17) is 16.3 Å². The van der Waals surface area contributed by atoms with E-state index >= 15 is 0 Å². The molecule has 1 aliphatic rings. The highest BCUT2D eigenvalue weighted by molar-refractivity contribution is 6.30. The van der Waals surface area contributed by atoms with Gasteiger partial charge in [0.1, 0.15) is 11.6 Å². The van der Waals surface area contributed by atoms with Gasteiger partial charge in [0, 0.05) is 32.3 Å². The van der Waals surface area contributed by atoms with Crippen LogP contribution in [0.15, 0.2) is 18.2 Å². The van der Waals surface area contributed by atoms with Crippen molar-refractivity contribution in [2.45, 2.75) is 6.42 Å². The first-order valence-corrected chi connectivity index (χ1v) is 8.38. The third-order valence-electron chi connectivity index (χ3n) is 4.11. The second-order valence-corrected chi connectivity index (χ2v) is 6.98. The number of aliphatic hydroxyl groups is 1. The lowest BCUT2D eigenvalue weighted by molar-refractivity contribution is -0.136. The summed E-state index contributed by atoms with van der Waals surface area (Å²) >= 11 is 5.70. The number of amides is 1. The highest BCUT2D eigenvalue weighted by Crippen LogP contribution is 2.24. The van der Waals surface area contributed by atoms with Crippen LogP contribution in [0.4, 0.5) is 4.39 Å². The predicted octanol–water partition coefficient (Wildman–Crippen LogP) is 1.88. The summed E-state index contributed by atoms with van der Waals surface area (Å²) in [5.74, 6) is 0.111. The standard InChI is InChI=1S/C17H24ClFN2O3/c1-20(2)7-12-5-13(10-22)9-21(8-12)17(23)11-24-14-3-4-16(19)15(18)6-14/h3-4,6,12-13,22H,5,7-11H2,1-2H3/t12-,13-/m1/s1. The summed E-state index contributed by atoms with van der Waals surface area (Å²) in [5, 5.41) is 9.44. The van der Waals surface area contributed by atoms with Crippen molar-refractivity contribution in [3.63, 3.8) is 0 Å². The number of carbonyl (C=O) groups is 1. The van der Waals surface area contributed by atoms with E-state index in [9.17, 15) is 14.3 Å². The van der Waals surface area contributed by atoms with E-state index < -0.39 is 5.82 Å². The number of likely N-dealkylation sites (tertiary alicyclic amines) is 1. The van der Waals surface area contributed by atoms with E-state index in [0.717, 1.165) is 13.0 Å². The molecule has 1 saturated heterocycles. The maximum absolute atomic E-state index is 13.1. The second kappa shape index (κ2) is 8.65. The van der Waals surface area contributed by atoms with E-state index in [-0.39, 0.29) is 30.1 Å². The summed E-state index contributed by atoms with van der Waals surface area (Å²) in [6, 6.07) is 4.00. The fraction of sp³-hybridized carbons (Fsp3) is 0.588. The minimum absolute atomic E-state index is 0.0377. The van der Waals surface area contributed by atoms with Crippen molar-refractivity contribution in [1.29, 1.82) is 0 Å². The molecule has 2 rings (SSSR count). The second-order valence-electron chi connectivity index (χ2n) is 6.58. The van der Waals surface area contributed by atoms with Crippen molar-refractivity contribution in [3.8, 4) is 5.75 Å². The van der Waals surface area contributed by atoms with Crippen LogP contribution in [0.1, 0.15) is 6.42 Å². The minimum atomic E-state index is -0.524. The Morgan fingerprint density at radius 2 is 2.12 bits per heavy atom. The molecular weight excluding hydrogens is 335 g/mol. The molecule has 5 nitrogen and oxygen atoms in total. The van der Waals surface area contributed by atoms with Gasteiger partial charge in [0.05, 0.1) is 5.02 Å². The minimum Gasteiger partial charge on any atom is -0.484 e. The van der Waals surface area contributed by atoms with Gasteiger partial charge >= 0.3 is 0 Å². The molecule has 1 N–H and O–H groups in total. The van der Waals surface area contributed by atoms with Gasteiger partial charge in [0.25, 0.3) is 5.91 Å². The van der Waals surface area contributed by atoms with Crippen molar-refractivity contribution >= 4 is 17.5 Å². The van der Waals surface area contributed by atoms with Crippen LogP contribution in [0.5, 0.6) is 5.75 Å². The number of hydrogen-bond donors (Lipinski definition) is 1. The Labute approximate surface area is 146 Å². The van der Waals surface area contributed by atoms with E-state index in [2.05, 4.69) is 4.90 Å². The molecule has 0 spiro atoms. The van der Waals surface area contributed by atoms with Crippen LogP contribution in [0.25, 0.3) is 0 Å². The molecule has 0 radical (unpaired) electrons. The number of aliphatic hydroxyl groups excluding tert-OH is 1. The average molecular weight is 359 g/mol. The molecule has 0 unspecified atom stereocenters. The molecule has 24 heavy (non-hydrogen) atoms. The van der Waals surface area contributed by atoms with Gasteiger partial charge in [0.15, 0.2) is 6.61 Å². The molecule has 1 aromatic rings. The molecule has 1 amide bonds. The summed E-state index contributed by atoms with van der Waals surface area (Å²) in [6.45, 7) is 2.00. The van der Waals surface area contributed by atoms with Crippen LogP contribution < -0.4 is 4.74 Å². The smallest absolute Gasteiger partial charge is 0.260 e. The summed E-state index contributed by atoms with van der Waals surface area (Å²) < 4.78 is 18.6. The first kappa shape index (κ1) is 19.0. The molecular formula is C17H24ClFN2O3. The topological polar surface area (TPSA) is 53.0 Å². The van der Waals surface area contributed by atoms with Crippen LogP contribution in [0.2, 0.25) is 5.02 Å². The van der Waals surface area contributed by atoms with E-state index in [0.29, 0.717) is 24.8 Å². The maximum atomic E-state index is 13.1. The first-order chi connectivity index (χ1) is 11.4. The molecule has 0 aliphatic carbocycles. The fourth-order valence-corrected chi connectivity index (χ4v) is 3.28. The Kier molecular flexibility index (Phi) is 6.83. The van der Waals surface area contributed by atoms with E-state index in [1.807, 2.05) is 14.1 Å². The van der Waals surface area contributed by atoms with E-state index in [1.165, 1.54) is 18.2 Å². The van der Waals surface area contributed by atoms with Crippen molar-refractivity contribution in [3.05, 3.63) is 29.0 Å². The SMILES string of the molecule is CN(C)C[C@H]1C[C@@H](CO)CN(C(=O)COc2ccc(F)c(Cl)c2)C1. The molecule has 1 aromatic carbocycles. The van der Waals surface area contributed by atoms with Crippen molar-refractivity contribution < 1.29 is 19.0 Å². The zero-order valence-corrected chi connectivity index (χ0v) is 14.8. The largest absolute Gasteiger partial charge is 0.484 e. The molecule has 1 fully saturated rings. The number of piperidine rings is 1. The lowest BCUT2D eigenvalue weighted by atomic mass is 9.89. The Morgan fingerprint density at radius 1 is 1.42 bits per heavy atom. The molecule has 0 aromatic heterocycles. The Morgan fingerprint density at radius 3 is 2.75 bits per heavy atom. The normalized spacial score (nSPS) is 21.2. The maximum Gasteiger partial charge on any atom is 0.260 e. The molecule has 7 heteroatoms. The number of benzene rings is 1. The molecule has 134 valence electrons. The first-order valence-electron chi connectivity index (χ1n) is 8.00. The van der Waals surface area contributed by atoms with Gasteiger partial charge in [0.2, 0.25) is 0 Å². The Bertz CT molecular complexity index is 571. The quantitative estimate of drug-likeness (QED) is 0.843. The van der Waals surface area contributed by atoms with Crippen molar-refractivity contribution in [2.24, 2.45) is 11.8 Å². The summed E-state index contributed by atoms with van der Waals surface area (Å²) in [5.41, 5.74) is 0. The fourth-order valence-electron chi connectivity index (χ4n) is 3.11. The highest BCUT2D eigenvalue weighted by Gasteiger charge is 2.30. The number of ether oxygens (including phenoxy) is 1. The van der Waals surface area contributed by atoms with Crippen LogP contribution in [0.3, 0.4) is 0 Å².